The Hall–Kier alpha value is -1.39. The molecule has 5 nitrogen and oxygen atoms in total. The van der Waals surface area contributed by atoms with Crippen LogP contribution in [0.15, 0.2) is 10.7 Å². The van der Waals surface area contributed by atoms with Gasteiger partial charge in [0.05, 0.1) is 0 Å². The van der Waals surface area contributed by atoms with Gasteiger partial charge in [-0.25, -0.2) is 0 Å². The van der Waals surface area contributed by atoms with Crippen molar-refractivity contribution >= 4 is 6.01 Å². The van der Waals surface area contributed by atoms with E-state index in [0.717, 1.165) is 6.26 Å². The predicted molar refractivity (Wildman–Crippen MR) is 22.0 cm³/mol. The first-order valence-electron chi connectivity index (χ1n) is 1.76. The minimum Gasteiger partial charge on any atom is -0.389 e. The zero-order valence-corrected chi connectivity index (χ0v) is 3.70. The predicted octanol–water partition coefficient (Wildman–Crippen LogP) is 0.383. The fourth-order valence-electron chi connectivity index (χ4n) is 0.271. The lowest BCUT2D eigenvalue weighted by atomic mass is 11.0. The first-order valence-corrected chi connectivity index (χ1v) is 1.76. The molecule has 0 unspecified atom stereocenters. The van der Waals surface area contributed by atoms with Gasteiger partial charge in [0.15, 0.2) is 6.26 Å². The standard InChI is InChI=1S/C3HN2O3/c6-5(7)3-4-1-2-8-3/h2H. The molecule has 0 aromatic carbocycles. The second-order valence-electron chi connectivity index (χ2n) is 1.02. The van der Waals surface area contributed by atoms with Crippen LogP contribution in [0, 0.1) is 16.3 Å². The fraction of sp³-hybridized carbons (Fsp3) is 0. The number of nitrogens with zero attached hydrogens (tertiary/aromatic N) is 2. The third kappa shape index (κ3) is 0.651. The van der Waals surface area contributed by atoms with Gasteiger partial charge in [-0.05, 0) is 0 Å². The van der Waals surface area contributed by atoms with Crippen LogP contribution in [-0.4, -0.2) is 9.91 Å². The van der Waals surface area contributed by atoms with E-state index in [9.17, 15) is 10.1 Å². The Balaban J connectivity index is 2.93. The monoisotopic (exact) mass is 113 g/mol. The lowest BCUT2D eigenvalue weighted by Gasteiger charge is -1.79. The van der Waals surface area contributed by atoms with Gasteiger partial charge in [-0.2, -0.15) is 0 Å². The summed E-state index contributed by atoms with van der Waals surface area (Å²) in [6, 6.07) is -0.523. The van der Waals surface area contributed by atoms with Gasteiger partial charge in [0.25, 0.3) is 6.20 Å². The minimum absolute atomic E-state index is 0.523. The zero-order valence-electron chi connectivity index (χ0n) is 3.70. The smallest absolute Gasteiger partial charge is 0.389 e. The molecule has 0 atom stereocenters. The summed E-state index contributed by atoms with van der Waals surface area (Å²) in [5, 5.41) is 9.69. The quantitative estimate of drug-likeness (QED) is 0.390. The highest BCUT2D eigenvalue weighted by Gasteiger charge is 2.08. The SMILES string of the molecule is O=[N+]([O-])c1n[c]co1. The molecule has 0 N–H and O–H groups in total. The Bertz CT molecular complexity index is 180. The molecule has 41 valence electrons. The van der Waals surface area contributed by atoms with Crippen LogP contribution in [0.4, 0.5) is 6.01 Å². The van der Waals surface area contributed by atoms with Crippen molar-refractivity contribution in [1.29, 1.82) is 0 Å². The lowest BCUT2D eigenvalue weighted by molar-refractivity contribution is -0.407. The van der Waals surface area contributed by atoms with Crippen molar-refractivity contribution in [3.05, 3.63) is 22.6 Å². The molecule has 0 fully saturated rings. The van der Waals surface area contributed by atoms with E-state index in [1.54, 1.807) is 0 Å². The second-order valence-corrected chi connectivity index (χ2v) is 1.02. The highest BCUT2D eigenvalue weighted by molar-refractivity contribution is 4.91. The summed E-state index contributed by atoms with van der Waals surface area (Å²) >= 11 is 0. The molecule has 0 saturated carbocycles. The number of rotatable bonds is 1. The van der Waals surface area contributed by atoms with Crippen LogP contribution < -0.4 is 0 Å². The Morgan fingerprint density at radius 1 is 2.00 bits per heavy atom. The fourth-order valence-corrected chi connectivity index (χ4v) is 0.271. The average molecular weight is 113 g/mol. The Kier molecular flexibility index (Phi) is 0.957. The van der Waals surface area contributed by atoms with Crippen molar-refractivity contribution in [2.45, 2.75) is 0 Å². The van der Waals surface area contributed by atoms with Gasteiger partial charge in [0, 0.05) is 9.91 Å². The largest absolute Gasteiger partial charge is 0.546 e. The Labute approximate surface area is 44.1 Å². The van der Waals surface area contributed by atoms with E-state index >= 15 is 0 Å². The topological polar surface area (TPSA) is 69.2 Å². The average Bonchev–Trinajstić information content (AvgIpc) is 2.12. The van der Waals surface area contributed by atoms with Crippen LogP contribution in [0.3, 0.4) is 0 Å². The second kappa shape index (κ2) is 1.61. The molecular formula is C3HN2O3. The van der Waals surface area contributed by atoms with E-state index in [2.05, 4.69) is 15.6 Å². The summed E-state index contributed by atoms with van der Waals surface area (Å²) in [7, 11) is 0. The summed E-state index contributed by atoms with van der Waals surface area (Å²) in [4.78, 5) is 12.1. The number of hydrogen-bond acceptors (Lipinski definition) is 4. The van der Waals surface area contributed by atoms with Gasteiger partial charge < -0.3 is 14.5 Å². The molecule has 1 aromatic heterocycles. The molecule has 5 heteroatoms. The molecule has 0 spiro atoms. The Morgan fingerprint density at radius 2 is 2.75 bits per heavy atom. The summed E-state index contributed by atoms with van der Waals surface area (Å²) in [6.45, 7) is 0. The maximum absolute atomic E-state index is 9.69. The third-order valence-corrected chi connectivity index (χ3v) is 0.533. The first kappa shape index (κ1) is 4.76. The summed E-state index contributed by atoms with van der Waals surface area (Å²) in [5.74, 6) is 0. The summed E-state index contributed by atoms with van der Waals surface area (Å²) in [5.41, 5.74) is 0. The molecule has 0 saturated heterocycles. The van der Waals surface area contributed by atoms with E-state index in [0.29, 0.717) is 0 Å². The van der Waals surface area contributed by atoms with Crippen LogP contribution in [0.1, 0.15) is 0 Å². The van der Waals surface area contributed by atoms with E-state index in [1.807, 2.05) is 0 Å². The van der Waals surface area contributed by atoms with Gasteiger partial charge >= 0.3 is 6.01 Å². The minimum atomic E-state index is -0.726. The van der Waals surface area contributed by atoms with Gasteiger partial charge in [-0.15, -0.1) is 0 Å². The molecule has 8 heavy (non-hydrogen) atoms. The van der Waals surface area contributed by atoms with Crippen molar-refractivity contribution in [3.63, 3.8) is 0 Å². The summed E-state index contributed by atoms with van der Waals surface area (Å²) < 4.78 is 4.23. The summed E-state index contributed by atoms with van der Waals surface area (Å²) in [6.07, 6.45) is 3.18. The van der Waals surface area contributed by atoms with Gasteiger partial charge in [0.1, 0.15) is 0 Å². The molecule has 1 heterocycles. The first-order chi connectivity index (χ1) is 3.80. The molecule has 0 amide bonds. The van der Waals surface area contributed by atoms with Crippen molar-refractivity contribution in [3.8, 4) is 0 Å². The van der Waals surface area contributed by atoms with E-state index in [4.69, 9.17) is 0 Å². The van der Waals surface area contributed by atoms with Crippen molar-refractivity contribution in [1.82, 2.24) is 4.98 Å². The molecule has 1 radical (unpaired) electrons. The number of aromatic nitrogens is 1. The van der Waals surface area contributed by atoms with Crippen LogP contribution in [-0.2, 0) is 0 Å². The zero-order chi connectivity index (χ0) is 5.98. The maximum Gasteiger partial charge on any atom is 0.546 e. The third-order valence-electron chi connectivity index (χ3n) is 0.533. The highest BCUT2D eigenvalue weighted by atomic mass is 16.7. The lowest BCUT2D eigenvalue weighted by Crippen LogP contribution is -1.85. The van der Waals surface area contributed by atoms with Crippen LogP contribution in [0.5, 0.6) is 0 Å². The number of hydrogen-bond donors (Lipinski definition) is 0. The van der Waals surface area contributed by atoms with Crippen LogP contribution in [0.2, 0.25) is 0 Å². The molecule has 1 aromatic rings. The normalized spacial score (nSPS) is 9.00. The van der Waals surface area contributed by atoms with Gasteiger partial charge in [-0.1, -0.05) is 0 Å². The van der Waals surface area contributed by atoms with E-state index < -0.39 is 10.9 Å². The van der Waals surface area contributed by atoms with Crippen molar-refractivity contribution in [2.75, 3.05) is 0 Å². The van der Waals surface area contributed by atoms with E-state index in [1.165, 1.54) is 0 Å². The molecule has 0 aliphatic carbocycles. The van der Waals surface area contributed by atoms with Crippen molar-refractivity contribution in [2.24, 2.45) is 0 Å². The van der Waals surface area contributed by atoms with Crippen molar-refractivity contribution < 1.29 is 9.34 Å². The highest BCUT2D eigenvalue weighted by Crippen LogP contribution is 2.02. The number of nitro groups is 1. The molecule has 0 aliphatic heterocycles. The Morgan fingerprint density at radius 3 is 3.00 bits per heavy atom. The van der Waals surface area contributed by atoms with Crippen LogP contribution >= 0.6 is 0 Å². The molecule has 0 bridgehead atoms. The molecule has 0 aliphatic rings. The van der Waals surface area contributed by atoms with E-state index in [-0.39, 0.29) is 0 Å². The number of oxazole rings is 1. The molecule has 1 rings (SSSR count). The van der Waals surface area contributed by atoms with Crippen LogP contribution in [0.25, 0.3) is 0 Å². The maximum atomic E-state index is 9.69. The molecular weight excluding hydrogens is 112 g/mol. The van der Waals surface area contributed by atoms with Gasteiger partial charge in [-0.3, -0.25) is 0 Å². The van der Waals surface area contributed by atoms with Gasteiger partial charge in [0.2, 0.25) is 0 Å².